The number of imidazole rings is 1. The molecule has 9 heteroatoms. The molecular formula is C22H22FN7O. The van der Waals surface area contributed by atoms with Crippen LogP contribution in [0.15, 0.2) is 48.9 Å². The van der Waals surface area contributed by atoms with Gasteiger partial charge in [-0.1, -0.05) is 12.1 Å². The lowest BCUT2D eigenvalue weighted by Gasteiger charge is -2.27. The van der Waals surface area contributed by atoms with Gasteiger partial charge < -0.3 is 15.0 Å². The van der Waals surface area contributed by atoms with E-state index < -0.39 is 0 Å². The Bertz CT molecular complexity index is 1200. The van der Waals surface area contributed by atoms with E-state index in [4.69, 9.17) is 14.7 Å². The number of pyridine rings is 1. The van der Waals surface area contributed by atoms with Crippen molar-refractivity contribution in [3.8, 4) is 5.69 Å². The highest BCUT2D eigenvalue weighted by molar-refractivity contribution is 5.85. The van der Waals surface area contributed by atoms with E-state index in [2.05, 4.69) is 20.2 Å². The molecule has 0 bridgehead atoms. The number of hydrogen-bond donors (Lipinski definition) is 1. The molecule has 31 heavy (non-hydrogen) atoms. The van der Waals surface area contributed by atoms with Crippen molar-refractivity contribution in [1.82, 2.24) is 24.5 Å². The third-order valence-corrected chi connectivity index (χ3v) is 5.17. The maximum Gasteiger partial charge on any atom is 0.229 e. The van der Waals surface area contributed by atoms with Crippen molar-refractivity contribution in [2.45, 2.75) is 13.5 Å². The SMILES string of the molecule is Cc1ccc(CNc2nc(N3CCOCC3)nc3c2ncn3-c2cccc(F)c2)nc1. The number of morpholine rings is 1. The largest absolute Gasteiger partial charge is 0.378 e. The van der Waals surface area contributed by atoms with Crippen LogP contribution in [0.2, 0.25) is 0 Å². The molecule has 3 aromatic heterocycles. The van der Waals surface area contributed by atoms with Gasteiger partial charge in [-0.05, 0) is 36.8 Å². The molecule has 4 heterocycles. The van der Waals surface area contributed by atoms with Crippen LogP contribution in [0.4, 0.5) is 16.2 Å². The molecule has 0 radical (unpaired) electrons. The Hall–Kier alpha value is -3.59. The van der Waals surface area contributed by atoms with Gasteiger partial charge in [0.2, 0.25) is 5.95 Å². The van der Waals surface area contributed by atoms with Gasteiger partial charge in [-0.25, -0.2) is 9.37 Å². The minimum atomic E-state index is -0.314. The maximum atomic E-state index is 13.8. The number of nitrogens with zero attached hydrogens (tertiary/aromatic N) is 6. The minimum Gasteiger partial charge on any atom is -0.378 e. The second kappa shape index (κ2) is 8.27. The van der Waals surface area contributed by atoms with Crippen molar-refractivity contribution in [2.24, 2.45) is 0 Å². The zero-order valence-corrected chi connectivity index (χ0v) is 17.1. The molecule has 0 unspecified atom stereocenters. The summed E-state index contributed by atoms with van der Waals surface area (Å²) in [6, 6.07) is 10.4. The van der Waals surface area contributed by atoms with E-state index >= 15 is 0 Å². The molecule has 1 saturated heterocycles. The highest BCUT2D eigenvalue weighted by Crippen LogP contribution is 2.26. The summed E-state index contributed by atoms with van der Waals surface area (Å²) in [4.78, 5) is 20.6. The molecule has 0 spiro atoms. The van der Waals surface area contributed by atoms with Gasteiger partial charge in [0.15, 0.2) is 17.0 Å². The van der Waals surface area contributed by atoms with Crippen LogP contribution in [-0.4, -0.2) is 50.8 Å². The third kappa shape index (κ3) is 4.04. The Morgan fingerprint density at radius 1 is 1.10 bits per heavy atom. The molecule has 0 aliphatic carbocycles. The molecule has 4 aromatic rings. The van der Waals surface area contributed by atoms with E-state index in [0.717, 1.165) is 11.3 Å². The highest BCUT2D eigenvalue weighted by Gasteiger charge is 2.20. The van der Waals surface area contributed by atoms with Crippen LogP contribution in [0, 0.1) is 12.7 Å². The fourth-order valence-corrected chi connectivity index (χ4v) is 3.51. The molecular weight excluding hydrogens is 397 g/mol. The van der Waals surface area contributed by atoms with Gasteiger partial charge in [-0.15, -0.1) is 0 Å². The standard InChI is InChI=1S/C22H22FN7O/c1-15-5-6-17(24-12-15)13-25-20-19-21(28-22(27-20)29-7-9-31-10-8-29)30(14-26-19)18-4-2-3-16(23)11-18/h2-6,11-12,14H,7-10,13H2,1H3,(H,25,27,28). The molecule has 1 aromatic carbocycles. The Balaban J connectivity index is 1.56. The Kier molecular flexibility index (Phi) is 5.17. The number of aryl methyl sites for hydroxylation is 1. The van der Waals surface area contributed by atoms with Gasteiger partial charge in [-0.2, -0.15) is 9.97 Å². The first-order chi connectivity index (χ1) is 15.2. The fraction of sp³-hybridized carbons (Fsp3) is 0.273. The summed E-state index contributed by atoms with van der Waals surface area (Å²) in [6.07, 6.45) is 3.48. The van der Waals surface area contributed by atoms with Crippen LogP contribution >= 0.6 is 0 Å². The molecule has 0 amide bonds. The van der Waals surface area contributed by atoms with E-state index in [0.29, 0.717) is 61.5 Å². The fourth-order valence-electron chi connectivity index (χ4n) is 3.51. The molecule has 0 atom stereocenters. The first-order valence-corrected chi connectivity index (χ1v) is 10.2. The third-order valence-electron chi connectivity index (χ3n) is 5.17. The zero-order valence-electron chi connectivity index (χ0n) is 17.1. The summed E-state index contributed by atoms with van der Waals surface area (Å²) in [6.45, 7) is 5.17. The number of ether oxygens (including phenoxy) is 1. The van der Waals surface area contributed by atoms with Crippen LogP contribution in [0.25, 0.3) is 16.9 Å². The number of nitrogens with one attached hydrogen (secondary N) is 1. The monoisotopic (exact) mass is 419 g/mol. The van der Waals surface area contributed by atoms with Crippen molar-refractivity contribution in [3.63, 3.8) is 0 Å². The summed E-state index contributed by atoms with van der Waals surface area (Å²) in [5, 5.41) is 3.36. The second-order valence-corrected chi connectivity index (χ2v) is 7.42. The summed E-state index contributed by atoms with van der Waals surface area (Å²) in [5.41, 5.74) is 3.89. The number of hydrogen-bond acceptors (Lipinski definition) is 7. The van der Waals surface area contributed by atoms with Crippen molar-refractivity contribution in [1.29, 1.82) is 0 Å². The predicted molar refractivity (Wildman–Crippen MR) is 116 cm³/mol. The number of benzene rings is 1. The summed E-state index contributed by atoms with van der Waals surface area (Å²) >= 11 is 0. The quantitative estimate of drug-likeness (QED) is 0.532. The van der Waals surface area contributed by atoms with Crippen LogP contribution < -0.4 is 10.2 Å². The number of halogens is 1. The first kappa shape index (κ1) is 19.4. The molecule has 158 valence electrons. The lowest BCUT2D eigenvalue weighted by molar-refractivity contribution is 0.122. The predicted octanol–water partition coefficient (Wildman–Crippen LogP) is 3.11. The Morgan fingerprint density at radius 3 is 2.74 bits per heavy atom. The maximum absolute atomic E-state index is 13.8. The molecule has 1 aliphatic rings. The average Bonchev–Trinajstić information content (AvgIpc) is 3.23. The minimum absolute atomic E-state index is 0.314. The average molecular weight is 419 g/mol. The van der Waals surface area contributed by atoms with Crippen LogP contribution in [0.1, 0.15) is 11.3 Å². The summed E-state index contributed by atoms with van der Waals surface area (Å²) in [5.74, 6) is 0.892. The van der Waals surface area contributed by atoms with E-state index in [1.54, 1.807) is 17.0 Å². The van der Waals surface area contributed by atoms with Crippen LogP contribution in [0.5, 0.6) is 0 Å². The number of fused-ring (bicyclic) bond motifs is 1. The molecule has 5 rings (SSSR count). The molecule has 1 N–H and O–H groups in total. The van der Waals surface area contributed by atoms with Crippen molar-refractivity contribution < 1.29 is 9.13 Å². The molecule has 1 fully saturated rings. The van der Waals surface area contributed by atoms with Crippen LogP contribution in [-0.2, 0) is 11.3 Å². The summed E-state index contributed by atoms with van der Waals surface area (Å²) in [7, 11) is 0. The normalized spacial score (nSPS) is 14.2. The Labute approximate surface area is 178 Å². The van der Waals surface area contributed by atoms with E-state index in [9.17, 15) is 4.39 Å². The van der Waals surface area contributed by atoms with Gasteiger partial charge in [-0.3, -0.25) is 9.55 Å². The van der Waals surface area contributed by atoms with Gasteiger partial charge >= 0.3 is 0 Å². The Morgan fingerprint density at radius 2 is 1.97 bits per heavy atom. The second-order valence-electron chi connectivity index (χ2n) is 7.42. The molecule has 0 saturated carbocycles. The number of rotatable bonds is 5. The molecule has 8 nitrogen and oxygen atoms in total. The van der Waals surface area contributed by atoms with Crippen molar-refractivity contribution in [3.05, 3.63) is 66.0 Å². The van der Waals surface area contributed by atoms with Crippen LogP contribution in [0.3, 0.4) is 0 Å². The number of aromatic nitrogens is 5. The van der Waals surface area contributed by atoms with E-state index in [1.165, 1.54) is 12.1 Å². The highest BCUT2D eigenvalue weighted by atomic mass is 19.1. The zero-order chi connectivity index (χ0) is 21.2. The number of anilines is 2. The van der Waals surface area contributed by atoms with Gasteiger partial charge in [0.1, 0.15) is 12.1 Å². The topological polar surface area (TPSA) is 81.0 Å². The smallest absolute Gasteiger partial charge is 0.229 e. The lowest BCUT2D eigenvalue weighted by Crippen LogP contribution is -2.37. The summed E-state index contributed by atoms with van der Waals surface area (Å²) < 4.78 is 21.1. The van der Waals surface area contributed by atoms with Gasteiger partial charge in [0.25, 0.3) is 0 Å². The van der Waals surface area contributed by atoms with E-state index in [1.807, 2.05) is 31.3 Å². The van der Waals surface area contributed by atoms with Gasteiger partial charge in [0.05, 0.1) is 31.1 Å². The van der Waals surface area contributed by atoms with Crippen molar-refractivity contribution >= 4 is 22.9 Å². The van der Waals surface area contributed by atoms with Gasteiger partial charge in [0, 0.05) is 19.3 Å². The molecule has 1 aliphatic heterocycles. The van der Waals surface area contributed by atoms with E-state index in [-0.39, 0.29) is 5.82 Å². The first-order valence-electron chi connectivity index (χ1n) is 10.2. The lowest BCUT2D eigenvalue weighted by atomic mass is 10.3. The van der Waals surface area contributed by atoms with Crippen molar-refractivity contribution in [2.75, 3.05) is 36.5 Å².